The van der Waals surface area contributed by atoms with Crippen LogP contribution in [0.3, 0.4) is 0 Å². The third-order valence-electron chi connectivity index (χ3n) is 11.1. The van der Waals surface area contributed by atoms with Crippen molar-refractivity contribution in [2.24, 2.45) is 5.73 Å². The van der Waals surface area contributed by atoms with Gasteiger partial charge in [0.25, 0.3) is 17.7 Å². The highest BCUT2D eigenvalue weighted by Gasteiger charge is 2.28. The van der Waals surface area contributed by atoms with E-state index in [0.29, 0.717) is 34.6 Å². The fraction of sp³-hybridized carbons (Fsp3) is 0.277. The molecule has 2 fully saturated rings. The molecule has 6 aromatic rings. The largest absolute Gasteiger partial charge is 0.497 e. The van der Waals surface area contributed by atoms with Crippen LogP contribution in [0.4, 0.5) is 11.6 Å². The molecule has 16 nitrogen and oxygen atoms in total. The number of amides is 3. The van der Waals surface area contributed by atoms with E-state index in [2.05, 4.69) is 38.3 Å². The molecule has 4 aromatic carbocycles. The van der Waals surface area contributed by atoms with E-state index < -0.39 is 5.97 Å². The number of carbonyl (C=O) groups is 4. The summed E-state index contributed by atoms with van der Waals surface area (Å²) in [7, 11) is 1.65. The Hall–Kier alpha value is -7.46. The SMILES string of the molecule is COc1ccc(CN)cc1.Cc1ccc(C(=O)NC2CC2)cc1-n1ncc(C(=O)NC2CCc3ccccc32)c1N.Cc1ccc(C(=O)NC2CC2)cc1-n1ncc(C(=O)O)c1N. The zero-order chi connectivity index (χ0) is 44.8. The topological polar surface area (TPSA) is 248 Å². The predicted molar refractivity (Wildman–Crippen MR) is 239 cm³/mol. The van der Waals surface area contributed by atoms with E-state index in [1.807, 2.05) is 56.3 Å². The molecular weight excluding hydrogens is 801 g/mol. The first kappa shape index (κ1) is 43.6. The molecule has 3 aliphatic carbocycles. The Kier molecular flexibility index (Phi) is 13.2. The number of nitrogens with one attached hydrogen (secondary N) is 3. The minimum atomic E-state index is -1.14. The molecule has 0 aliphatic heterocycles. The molecule has 2 saturated carbocycles. The summed E-state index contributed by atoms with van der Waals surface area (Å²) in [6.45, 7) is 4.36. The summed E-state index contributed by atoms with van der Waals surface area (Å²) in [5.74, 6) is -0.464. The molecule has 0 radical (unpaired) electrons. The Morgan fingerprint density at radius 3 is 1.71 bits per heavy atom. The van der Waals surface area contributed by atoms with Gasteiger partial charge in [0.1, 0.15) is 28.5 Å². The smallest absolute Gasteiger partial charge is 0.341 e. The third kappa shape index (κ3) is 10.4. The van der Waals surface area contributed by atoms with Crippen LogP contribution in [0.1, 0.15) is 107 Å². The molecule has 10 N–H and O–H groups in total. The maximum Gasteiger partial charge on any atom is 0.341 e. The second-order valence-electron chi connectivity index (χ2n) is 15.8. The molecule has 1 atom stereocenters. The molecule has 3 aliphatic rings. The number of hydrogen-bond acceptors (Lipinski definition) is 10. The Morgan fingerprint density at radius 1 is 0.698 bits per heavy atom. The van der Waals surface area contributed by atoms with Gasteiger partial charge in [0, 0.05) is 29.8 Å². The third-order valence-corrected chi connectivity index (χ3v) is 11.1. The number of methoxy groups -OCH3 is 1. The van der Waals surface area contributed by atoms with Gasteiger partial charge in [0.2, 0.25) is 0 Å². The van der Waals surface area contributed by atoms with Crippen molar-refractivity contribution in [1.82, 2.24) is 35.5 Å². The number of nitrogen functional groups attached to an aromatic ring is 2. The van der Waals surface area contributed by atoms with Crippen molar-refractivity contribution < 1.29 is 29.0 Å². The average Bonchev–Trinajstić information content (AvgIpc) is 4.18. The van der Waals surface area contributed by atoms with Gasteiger partial charge in [-0.25, -0.2) is 14.2 Å². The minimum absolute atomic E-state index is 0.0253. The van der Waals surface area contributed by atoms with Crippen LogP contribution in [0.2, 0.25) is 0 Å². The number of aryl methyl sites for hydroxylation is 3. The number of ether oxygens (including phenoxy) is 1. The van der Waals surface area contributed by atoms with Crippen molar-refractivity contribution in [1.29, 1.82) is 0 Å². The lowest BCUT2D eigenvalue weighted by Gasteiger charge is -2.14. The molecule has 0 bridgehead atoms. The fourth-order valence-corrected chi connectivity index (χ4v) is 7.09. The van der Waals surface area contributed by atoms with Crippen LogP contribution < -0.4 is 37.9 Å². The Labute approximate surface area is 364 Å². The standard InChI is InChI=1S/C24H25N5O2.C15H16N4O3.C8H11NO/c1-14-6-7-16(23(30)27-17-9-10-17)12-21(14)29-22(25)19(13-26-29)24(31)28-20-11-8-15-4-2-3-5-18(15)20;1-8-2-3-9(14(20)18-10-4-5-10)6-12(8)19-13(16)11(7-17-19)15(21)22;1-10-8-4-2-7(6-9)3-5-8/h2-7,12-13,17,20H,8-11,25H2,1H3,(H,27,30)(H,28,31);2-3,6-7,10H,4-5,16H2,1H3,(H,18,20)(H,21,22);2-5H,6,9H2,1H3. The number of nitrogens with zero attached hydrogens (tertiary/aromatic N) is 4. The Balaban J connectivity index is 0.000000161. The molecule has 3 amide bonds. The molecule has 2 aromatic heterocycles. The van der Waals surface area contributed by atoms with Gasteiger partial charge in [-0.2, -0.15) is 10.2 Å². The highest BCUT2D eigenvalue weighted by atomic mass is 16.5. The van der Waals surface area contributed by atoms with E-state index >= 15 is 0 Å². The number of aromatic carboxylic acids is 1. The van der Waals surface area contributed by atoms with E-state index in [1.54, 1.807) is 37.4 Å². The number of anilines is 2. The van der Waals surface area contributed by atoms with Crippen LogP contribution >= 0.6 is 0 Å². The highest BCUT2D eigenvalue weighted by Crippen LogP contribution is 2.32. The number of carboxylic acid groups (broad SMARTS) is 1. The maximum absolute atomic E-state index is 13.0. The predicted octanol–water partition coefficient (Wildman–Crippen LogP) is 5.58. The van der Waals surface area contributed by atoms with Crippen LogP contribution in [0.25, 0.3) is 11.4 Å². The number of benzene rings is 4. The van der Waals surface area contributed by atoms with Crippen molar-refractivity contribution in [3.05, 3.63) is 147 Å². The molecule has 326 valence electrons. The van der Waals surface area contributed by atoms with Gasteiger partial charge in [0.15, 0.2) is 0 Å². The number of fused-ring (bicyclic) bond motifs is 1. The maximum atomic E-state index is 13.0. The minimum Gasteiger partial charge on any atom is -0.497 e. The quantitative estimate of drug-likeness (QED) is 0.0848. The summed E-state index contributed by atoms with van der Waals surface area (Å²) in [5.41, 5.74) is 25.5. The summed E-state index contributed by atoms with van der Waals surface area (Å²) in [5, 5.41) is 26.4. The first-order valence-electron chi connectivity index (χ1n) is 20.8. The highest BCUT2D eigenvalue weighted by molar-refractivity contribution is 5.99. The molecule has 1 unspecified atom stereocenters. The number of nitrogens with two attached hydrogens (primary N) is 3. The van der Waals surface area contributed by atoms with Gasteiger partial charge in [-0.15, -0.1) is 0 Å². The van der Waals surface area contributed by atoms with E-state index in [4.69, 9.17) is 27.0 Å². The summed E-state index contributed by atoms with van der Waals surface area (Å²) in [6, 6.07) is 27.0. The number of hydrogen-bond donors (Lipinski definition) is 7. The lowest BCUT2D eigenvalue weighted by atomic mass is 10.1. The van der Waals surface area contributed by atoms with Crippen molar-refractivity contribution >= 4 is 35.3 Å². The zero-order valence-corrected chi connectivity index (χ0v) is 35.4. The summed E-state index contributed by atoms with van der Waals surface area (Å²) in [4.78, 5) is 48.6. The second kappa shape index (κ2) is 19.1. The number of carbonyl (C=O) groups excluding carboxylic acids is 3. The summed E-state index contributed by atoms with van der Waals surface area (Å²) >= 11 is 0. The van der Waals surface area contributed by atoms with Gasteiger partial charge in [-0.3, -0.25) is 14.4 Å². The van der Waals surface area contributed by atoms with E-state index in [9.17, 15) is 19.2 Å². The lowest BCUT2D eigenvalue weighted by molar-refractivity contribution is 0.0697. The molecule has 0 spiro atoms. The Bertz CT molecular complexity index is 2620. The summed E-state index contributed by atoms with van der Waals surface area (Å²) < 4.78 is 7.84. The van der Waals surface area contributed by atoms with Crippen molar-refractivity contribution in [2.75, 3.05) is 18.6 Å². The fourth-order valence-electron chi connectivity index (χ4n) is 7.09. The summed E-state index contributed by atoms with van der Waals surface area (Å²) in [6.07, 6.45) is 8.59. The van der Waals surface area contributed by atoms with Crippen molar-refractivity contribution in [3.63, 3.8) is 0 Å². The Morgan fingerprint density at radius 2 is 1.22 bits per heavy atom. The lowest BCUT2D eigenvalue weighted by Crippen LogP contribution is -2.27. The van der Waals surface area contributed by atoms with Crippen LogP contribution in [-0.4, -0.2) is 67.6 Å². The van der Waals surface area contributed by atoms with Gasteiger partial charge < -0.3 is 43.0 Å². The van der Waals surface area contributed by atoms with Gasteiger partial charge in [0.05, 0.1) is 36.9 Å². The normalized spacial score (nSPS) is 14.8. The van der Waals surface area contributed by atoms with Crippen molar-refractivity contribution in [2.45, 2.75) is 77.0 Å². The van der Waals surface area contributed by atoms with E-state index in [-0.39, 0.29) is 53.0 Å². The van der Waals surface area contributed by atoms with Gasteiger partial charge in [-0.1, -0.05) is 48.5 Å². The molecule has 9 rings (SSSR count). The van der Waals surface area contributed by atoms with E-state index in [0.717, 1.165) is 66.5 Å². The van der Waals surface area contributed by atoms with Crippen LogP contribution in [0.5, 0.6) is 5.75 Å². The van der Waals surface area contributed by atoms with Crippen LogP contribution in [0, 0.1) is 13.8 Å². The molecule has 2 heterocycles. The number of rotatable bonds is 11. The van der Waals surface area contributed by atoms with E-state index in [1.165, 1.54) is 27.3 Å². The number of aromatic nitrogens is 4. The molecule has 16 heteroatoms. The number of carboxylic acids is 1. The average molecular weight is 853 g/mol. The van der Waals surface area contributed by atoms with Gasteiger partial charge >= 0.3 is 5.97 Å². The van der Waals surface area contributed by atoms with Crippen LogP contribution in [-0.2, 0) is 13.0 Å². The molecule has 63 heavy (non-hydrogen) atoms. The molecule has 0 saturated heterocycles. The first-order valence-corrected chi connectivity index (χ1v) is 20.8. The van der Waals surface area contributed by atoms with Crippen LogP contribution in [0.15, 0.2) is 97.3 Å². The van der Waals surface area contributed by atoms with Gasteiger partial charge in [-0.05, 0) is 117 Å². The zero-order valence-electron chi connectivity index (χ0n) is 35.4. The first-order chi connectivity index (χ1) is 30.3. The van der Waals surface area contributed by atoms with Crippen molar-refractivity contribution in [3.8, 4) is 17.1 Å². The monoisotopic (exact) mass is 852 g/mol. The second-order valence-corrected chi connectivity index (χ2v) is 15.8. The molecular formula is C47H52N10O6.